The van der Waals surface area contributed by atoms with Gasteiger partial charge in [0.1, 0.15) is 0 Å². The van der Waals surface area contributed by atoms with E-state index in [1.807, 2.05) is 43.1 Å². The summed E-state index contributed by atoms with van der Waals surface area (Å²) < 4.78 is 0. The van der Waals surface area contributed by atoms with E-state index in [0.29, 0.717) is 6.54 Å². The van der Waals surface area contributed by atoms with Crippen molar-refractivity contribution in [3.8, 4) is 0 Å². The average Bonchev–Trinajstić information content (AvgIpc) is 2.68. The number of quaternary nitrogens is 1. The van der Waals surface area contributed by atoms with Gasteiger partial charge in [-0.25, -0.2) is 9.97 Å². The summed E-state index contributed by atoms with van der Waals surface area (Å²) in [5, 5.41) is 0. The van der Waals surface area contributed by atoms with Gasteiger partial charge in [0.15, 0.2) is 6.04 Å². The number of hydrogen-bond donors (Lipinski definition) is 1. The topological polar surface area (TPSA) is 53.8 Å². The van der Waals surface area contributed by atoms with Crippen LogP contribution in [-0.4, -0.2) is 60.0 Å². The van der Waals surface area contributed by atoms with Crippen LogP contribution in [0.2, 0.25) is 0 Å². The molecule has 1 aliphatic heterocycles. The highest BCUT2D eigenvalue weighted by Crippen LogP contribution is 2.06. The van der Waals surface area contributed by atoms with Gasteiger partial charge in [-0.1, -0.05) is 30.3 Å². The quantitative estimate of drug-likeness (QED) is 0.847. The van der Waals surface area contributed by atoms with Gasteiger partial charge in [-0.05, 0) is 18.6 Å². The van der Waals surface area contributed by atoms with E-state index in [4.69, 9.17) is 0 Å². The van der Waals surface area contributed by atoms with Crippen molar-refractivity contribution in [1.29, 1.82) is 0 Å². The van der Waals surface area contributed by atoms with Crippen LogP contribution in [0.25, 0.3) is 0 Å². The van der Waals surface area contributed by atoms with Crippen LogP contribution in [0.4, 0.5) is 5.95 Å². The predicted octanol–water partition coefficient (Wildman–Crippen LogP) is 0.229. The molecule has 2 heterocycles. The van der Waals surface area contributed by atoms with Gasteiger partial charge < -0.3 is 14.7 Å². The normalized spacial score (nSPS) is 16.5. The molecule has 25 heavy (non-hydrogen) atoms. The summed E-state index contributed by atoms with van der Waals surface area (Å²) in [7, 11) is 1.89. The molecule has 1 N–H and O–H groups in total. The Morgan fingerprint density at radius 3 is 2.44 bits per heavy atom. The molecule has 0 radical (unpaired) electrons. The molecule has 6 heteroatoms. The van der Waals surface area contributed by atoms with Crippen molar-refractivity contribution in [3.63, 3.8) is 0 Å². The third-order valence-electron chi connectivity index (χ3n) is 4.86. The average molecular weight is 340 g/mol. The SMILES string of the molecule is C[C@@H](C(=O)N(C)Cc1ccccc1)[NH+]1CCN(c2ncccn2)CC1. The second-order valence-corrected chi connectivity index (χ2v) is 6.60. The molecule has 3 rings (SSSR count). The van der Waals surface area contributed by atoms with Gasteiger partial charge in [-0.15, -0.1) is 0 Å². The van der Waals surface area contributed by atoms with E-state index in [0.717, 1.165) is 37.7 Å². The van der Waals surface area contributed by atoms with Crippen molar-refractivity contribution in [3.05, 3.63) is 54.4 Å². The van der Waals surface area contributed by atoms with E-state index in [2.05, 4.69) is 27.0 Å². The second kappa shape index (κ2) is 8.07. The molecule has 0 spiro atoms. The molecular formula is C19H26N5O+. The van der Waals surface area contributed by atoms with Crippen molar-refractivity contribution < 1.29 is 9.69 Å². The van der Waals surface area contributed by atoms with Crippen molar-refractivity contribution >= 4 is 11.9 Å². The number of nitrogens with one attached hydrogen (secondary N) is 1. The molecule has 1 saturated heterocycles. The number of piperazine rings is 1. The first kappa shape index (κ1) is 17.4. The minimum Gasteiger partial charge on any atom is -0.336 e. The van der Waals surface area contributed by atoms with Gasteiger partial charge in [-0.3, -0.25) is 4.79 Å². The van der Waals surface area contributed by atoms with E-state index in [1.54, 1.807) is 12.4 Å². The lowest BCUT2D eigenvalue weighted by atomic mass is 10.1. The van der Waals surface area contributed by atoms with Gasteiger partial charge in [0.2, 0.25) is 5.95 Å². The van der Waals surface area contributed by atoms with Gasteiger partial charge >= 0.3 is 0 Å². The molecule has 1 fully saturated rings. The first-order chi connectivity index (χ1) is 12.1. The highest BCUT2D eigenvalue weighted by Gasteiger charge is 2.31. The summed E-state index contributed by atoms with van der Waals surface area (Å²) in [5.41, 5.74) is 1.16. The van der Waals surface area contributed by atoms with Gasteiger partial charge in [0.25, 0.3) is 5.91 Å². The molecule has 1 atom stereocenters. The number of amides is 1. The molecule has 132 valence electrons. The van der Waals surface area contributed by atoms with Crippen LogP contribution in [0.3, 0.4) is 0 Å². The van der Waals surface area contributed by atoms with E-state index >= 15 is 0 Å². The van der Waals surface area contributed by atoms with E-state index in [1.165, 1.54) is 4.90 Å². The minimum atomic E-state index is -0.0347. The number of carbonyl (C=O) groups excluding carboxylic acids is 1. The Labute approximate surface area is 149 Å². The molecule has 1 aliphatic rings. The standard InChI is InChI=1S/C19H25N5O/c1-16(18(25)22(2)15-17-7-4-3-5-8-17)23-11-13-24(14-12-23)19-20-9-6-10-21-19/h3-10,16H,11-15H2,1-2H3/p+1/t16-/m0/s1. The molecule has 2 aromatic rings. The summed E-state index contributed by atoms with van der Waals surface area (Å²) >= 11 is 0. The predicted molar refractivity (Wildman–Crippen MR) is 97.3 cm³/mol. The molecule has 1 aromatic heterocycles. The molecule has 0 bridgehead atoms. The number of anilines is 1. The molecular weight excluding hydrogens is 314 g/mol. The smallest absolute Gasteiger partial charge is 0.280 e. The van der Waals surface area contributed by atoms with Crippen LogP contribution in [0, 0.1) is 0 Å². The lowest BCUT2D eigenvalue weighted by Gasteiger charge is -2.35. The number of benzene rings is 1. The van der Waals surface area contributed by atoms with Crippen molar-refractivity contribution in [1.82, 2.24) is 14.9 Å². The fourth-order valence-electron chi connectivity index (χ4n) is 3.32. The fourth-order valence-corrected chi connectivity index (χ4v) is 3.32. The number of rotatable bonds is 5. The molecule has 1 aromatic carbocycles. The van der Waals surface area contributed by atoms with Crippen LogP contribution in [0.5, 0.6) is 0 Å². The van der Waals surface area contributed by atoms with Crippen molar-refractivity contribution in [2.45, 2.75) is 19.5 Å². The zero-order chi connectivity index (χ0) is 17.6. The molecule has 0 unspecified atom stereocenters. The van der Waals surface area contributed by atoms with Crippen LogP contribution in [-0.2, 0) is 11.3 Å². The maximum Gasteiger partial charge on any atom is 0.280 e. The number of hydrogen-bond acceptors (Lipinski definition) is 4. The monoisotopic (exact) mass is 340 g/mol. The molecule has 6 nitrogen and oxygen atoms in total. The van der Waals surface area contributed by atoms with Crippen LogP contribution >= 0.6 is 0 Å². The van der Waals surface area contributed by atoms with Crippen molar-refractivity contribution in [2.75, 3.05) is 38.1 Å². The number of likely N-dealkylation sites (N-methyl/N-ethyl adjacent to an activating group) is 1. The highest BCUT2D eigenvalue weighted by atomic mass is 16.2. The maximum absolute atomic E-state index is 12.8. The summed E-state index contributed by atoms with van der Waals surface area (Å²) in [6.45, 7) is 6.28. The Morgan fingerprint density at radius 1 is 1.16 bits per heavy atom. The Bertz CT molecular complexity index is 671. The summed E-state index contributed by atoms with van der Waals surface area (Å²) in [6.07, 6.45) is 3.54. The first-order valence-electron chi connectivity index (χ1n) is 8.80. The van der Waals surface area contributed by atoms with Gasteiger partial charge in [-0.2, -0.15) is 0 Å². The Kier molecular flexibility index (Phi) is 5.60. The fraction of sp³-hybridized carbons (Fsp3) is 0.421. The lowest BCUT2D eigenvalue weighted by molar-refractivity contribution is -0.915. The largest absolute Gasteiger partial charge is 0.336 e. The van der Waals surface area contributed by atoms with Gasteiger partial charge in [0.05, 0.1) is 26.2 Å². The van der Waals surface area contributed by atoms with Crippen LogP contribution < -0.4 is 9.80 Å². The number of aromatic nitrogens is 2. The summed E-state index contributed by atoms with van der Waals surface area (Å²) in [4.78, 5) is 26.7. The Morgan fingerprint density at radius 2 is 1.80 bits per heavy atom. The number of carbonyl (C=O) groups is 1. The zero-order valence-electron chi connectivity index (χ0n) is 14.9. The molecule has 1 amide bonds. The van der Waals surface area contributed by atoms with Crippen LogP contribution in [0.1, 0.15) is 12.5 Å². The summed E-state index contributed by atoms with van der Waals surface area (Å²) in [5.74, 6) is 0.977. The second-order valence-electron chi connectivity index (χ2n) is 6.60. The van der Waals surface area contributed by atoms with Crippen molar-refractivity contribution in [2.24, 2.45) is 0 Å². The lowest BCUT2D eigenvalue weighted by Crippen LogP contribution is -3.19. The van der Waals surface area contributed by atoms with E-state index in [-0.39, 0.29) is 11.9 Å². The third kappa shape index (κ3) is 4.33. The molecule has 0 aliphatic carbocycles. The first-order valence-corrected chi connectivity index (χ1v) is 8.80. The highest BCUT2D eigenvalue weighted by molar-refractivity contribution is 5.79. The molecule has 0 saturated carbocycles. The van der Waals surface area contributed by atoms with Gasteiger partial charge in [0, 0.05) is 26.0 Å². The summed E-state index contributed by atoms with van der Waals surface area (Å²) in [6, 6.07) is 11.9. The Balaban J connectivity index is 1.53. The maximum atomic E-state index is 12.8. The van der Waals surface area contributed by atoms with E-state index < -0.39 is 0 Å². The third-order valence-corrected chi connectivity index (χ3v) is 4.86. The number of nitrogens with zero attached hydrogens (tertiary/aromatic N) is 4. The minimum absolute atomic E-state index is 0.0347. The zero-order valence-corrected chi connectivity index (χ0v) is 14.9. The Hall–Kier alpha value is -2.47. The van der Waals surface area contributed by atoms with Crippen LogP contribution in [0.15, 0.2) is 48.8 Å². The van der Waals surface area contributed by atoms with E-state index in [9.17, 15) is 4.79 Å².